The van der Waals surface area contributed by atoms with E-state index in [1.165, 1.54) is 21.5 Å². The van der Waals surface area contributed by atoms with E-state index in [4.69, 9.17) is 10.1 Å². The van der Waals surface area contributed by atoms with Crippen LogP contribution in [0.5, 0.6) is 0 Å². The molecule has 1 atom stereocenters. The quantitative estimate of drug-likeness (QED) is 0.273. The van der Waals surface area contributed by atoms with Crippen molar-refractivity contribution in [2.45, 2.75) is 40.0 Å². The smallest absolute Gasteiger partial charge is 0.267 e. The van der Waals surface area contributed by atoms with E-state index < -0.39 is 0 Å². The van der Waals surface area contributed by atoms with E-state index in [2.05, 4.69) is 20.8 Å². The number of nitrogens with zero attached hydrogens (tertiary/aromatic N) is 3. The van der Waals surface area contributed by atoms with E-state index >= 15 is 0 Å². The molecule has 0 spiro atoms. The Morgan fingerprint density at radius 3 is 2.52 bits per heavy atom. The maximum Gasteiger partial charge on any atom is 0.283 e. The number of fused-ring (bicyclic) bond motifs is 6. The molecule has 6 rings (SSSR count). The van der Waals surface area contributed by atoms with Crippen LogP contribution in [0.25, 0.3) is 37.9 Å². The lowest BCUT2D eigenvalue weighted by Gasteiger charge is -2.33. The van der Waals surface area contributed by atoms with Crippen LogP contribution >= 0.6 is 11.3 Å². The molecule has 1 aliphatic carbocycles. The molecular weight excluding hydrogens is 433 g/mol. The van der Waals surface area contributed by atoms with Gasteiger partial charge in [0, 0.05) is 21.2 Å². The number of rotatable bonds is 1. The number of benzene rings is 2. The summed E-state index contributed by atoms with van der Waals surface area (Å²) in [7, 11) is 0. The Kier molecular flexibility index (Phi) is 4.46. The molecule has 3 aromatic heterocycles. The van der Waals surface area contributed by atoms with Crippen LogP contribution in [0.15, 0.2) is 53.3 Å². The molecular formula is C27H24FN3OS. The molecule has 33 heavy (non-hydrogen) atoms. The molecule has 166 valence electrons. The zero-order valence-electron chi connectivity index (χ0n) is 18.9. The zero-order chi connectivity index (χ0) is 22.9. The van der Waals surface area contributed by atoms with E-state index in [0.717, 1.165) is 46.0 Å². The third-order valence-corrected chi connectivity index (χ3v) is 8.17. The van der Waals surface area contributed by atoms with Crippen molar-refractivity contribution in [1.29, 1.82) is 0 Å². The summed E-state index contributed by atoms with van der Waals surface area (Å²) in [5.41, 5.74) is 3.26. The summed E-state index contributed by atoms with van der Waals surface area (Å²) in [6, 6.07) is 14.1. The Bertz CT molecular complexity index is 1610. The van der Waals surface area contributed by atoms with Crippen LogP contribution in [0.2, 0.25) is 0 Å². The van der Waals surface area contributed by atoms with Crippen molar-refractivity contribution in [3.8, 4) is 11.3 Å². The van der Waals surface area contributed by atoms with E-state index in [9.17, 15) is 9.18 Å². The molecule has 4 nitrogen and oxygen atoms in total. The first-order valence-corrected chi connectivity index (χ1v) is 12.1. The maximum absolute atomic E-state index is 13.8. The first-order chi connectivity index (χ1) is 15.8. The summed E-state index contributed by atoms with van der Waals surface area (Å²) in [5.74, 6) is 0.294. The van der Waals surface area contributed by atoms with Gasteiger partial charge in [0.25, 0.3) is 5.56 Å². The predicted octanol–water partition coefficient (Wildman–Crippen LogP) is 6.41. The third-order valence-electron chi connectivity index (χ3n) is 7.03. The van der Waals surface area contributed by atoms with Gasteiger partial charge in [0.15, 0.2) is 5.65 Å². The lowest BCUT2D eigenvalue weighted by Crippen LogP contribution is -2.26. The van der Waals surface area contributed by atoms with Gasteiger partial charge in [-0.3, -0.25) is 4.79 Å². The fraction of sp³-hybridized carbons (Fsp3) is 0.296. The van der Waals surface area contributed by atoms with Crippen LogP contribution in [-0.2, 0) is 12.8 Å². The molecule has 5 aromatic rings. The van der Waals surface area contributed by atoms with Gasteiger partial charge in [0.05, 0.1) is 11.1 Å². The monoisotopic (exact) mass is 457 g/mol. The number of aryl methyl sites for hydroxylation is 1. The zero-order valence-corrected chi connectivity index (χ0v) is 19.7. The summed E-state index contributed by atoms with van der Waals surface area (Å²) >= 11 is 1.67. The normalized spacial score (nSPS) is 16.5. The van der Waals surface area contributed by atoms with Crippen LogP contribution in [-0.4, -0.2) is 14.6 Å². The average molecular weight is 458 g/mol. The highest BCUT2D eigenvalue weighted by molar-refractivity contribution is 7.18. The molecule has 0 N–H and O–H groups in total. The van der Waals surface area contributed by atoms with Gasteiger partial charge in [-0.05, 0) is 60.4 Å². The summed E-state index contributed by atoms with van der Waals surface area (Å²) in [6.07, 6.45) is 2.98. The van der Waals surface area contributed by atoms with E-state index in [0.29, 0.717) is 22.6 Å². The number of thiophene rings is 1. The SMILES string of the molecule is CC(C)(C)[C@H]1CCc2c(sc3nc4c5ccccc5c(-c5ccc(F)cc5)nn4c(=O)c23)C1. The molecule has 6 heteroatoms. The lowest BCUT2D eigenvalue weighted by atomic mass is 9.72. The first kappa shape index (κ1) is 20.5. The molecule has 0 fully saturated rings. The minimum absolute atomic E-state index is 0.115. The second-order valence-corrected chi connectivity index (χ2v) is 11.1. The fourth-order valence-corrected chi connectivity index (χ4v) is 6.37. The molecule has 0 aliphatic heterocycles. The summed E-state index contributed by atoms with van der Waals surface area (Å²) in [5, 5.41) is 7.23. The van der Waals surface area contributed by atoms with Crippen LogP contribution in [0.3, 0.4) is 0 Å². The number of aromatic nitrogens is 3. The lowest BCUT2D eigenvalue weighted by molar-refractivity contribution is 0.218. The first-order valence-electron chi connectivity index (χ1n) is 11.3. The Morgan fingerprint density at radius 2 is 1.79 bits per heavy atom. The number of hydrogen-bond donors (Lipinski definition) is 0. The highest BCUT2D eigenvalue weighted by Crippen LogP contribution is 2.42. The molecule has 2 aromatic carbocycles. The largest absolute Gasteiger partial charge is 0.283 e. The fourth-order valence-electron chi connectivity index (χ4n) is 5.08. The summed E-state index contributed by atoms with van der Waals surface area (Å²) in [6.45, 7) is 6.89. The van der Waals surface area contributed by atoms with Crippen molar-refractivity contribution in [3.63, 3.8) is 0 Å². The summed E-state index contributed by atoms with van der Waals surface area (Å²) < 4.78 is 15.0. The van der Waals surface area contributed by atoms with Crippen LogP contribution < -0.4 is 5.56 Å². The van der Waals surface area contributed by atoms with Crippen LogP contribution in [0.4, 0.5) is 4.39 Å². The van der Waals surface area contributed by atoms with E-state index in [1.807, 2.05) is 24.3 Å². The number of hydrogen-bond acceptors (Lipinski definition) is 4. The van der Waals surface area contributed by atoms with Crippen LogP contribution in [0.1, 0.15) is 37.6 Å². The Hall–Kier alpha value is -3.12. The van der Waals surface area contributed by atoms with Gasteiger partial charge < -0.3 is 0 Å². The van der Waals surface area contributed by atoms with Gasteiger partial charge in [-0.2, -0.15) is 9.61 Å². The van der Waals surface area contributed by atoms with Crippen molar-refractivity contribution in [2.24, 2.45) is 11.3 Å². The molecule has 0 amide bonds. The minimum Gasteiger partial charge on any atom is -0.267 e. The minimum atomic E-state index is -0.303. The van der Waals surface area contributed by atoms with Crippen molar-refractivity contribution in [2.75, 3.05) is 0 Å². The second kappa shape index (κ2) is 7.19. The Morgan fingerprint density at radius 1 is 1.06 bits per heavy atom. The Labute approximate surface area is 194 Å². The second-order valence-electron chi connectivity index (χ2n) is 10.0. The van der Waals surface area contributed by atoms with Gasteiger partial charge in [-0.25, -0.2) is 9.37 Å². The van der Waals surface area contributed by atoms with Gasteiger partial charge in [-0.15, -0.1) is 11.3 Å². The third kappa shape index (κ3) is 3.19. The molecule has 0 saturated carbocycles. The van der Waals surface area contributed by atoms with Gasteiger partial charge in [-0.1, -0.05) is 45.0 Å². The van der Waals surface area contributed by atoms with Gasteiger partial charge in [0.2, 0.25) is 0 Å². The molecule has 0 bridgehead atoms. The molecule has 0 unspecified atom stereocenters. The number of halogens is 1. The highest BCUT2D eigenvalue weighted by Gasteiger charge is 2.32. The van der Waals surface area contributed by atoms with Crippen LogP contribution in [0, 0.1) is 17.2 Å². The van der Waals surface area contributed by atoms with Crippen molar-refractivity contribution < 1.29 is 4.39 Å². The predicted molar refractivity (Wildman–Crippen MR) is 133 cm³/mol. The Balaban J connectivity index is 1.65. The summed E-state index contributed by atoms with van der Waals surface area (Å²) in [4.78, 5) is 20.9. The van der Waals surface area contributed by atoms with E-state index in [-0.39, 0.29) is 16.8 Å². The highest BCUT2D eigenvalue weighted by atomic mass is 32.1. The van der Waals surface area contributed by atoms with Gasteiger partial charge in [0.1, 0.15) is 10.6 Å². The van der Waals surface area contributed by atoms with E-state index in [1.54, 1.807) is 23.5 Å². The topological polar surface area (TPSA) is 47.3 Å². The standard InChI is InChI=1S/C27H24FN3OS/c1-27(2,3)16-10-13-20-21(14-16)33-25-22(20)26(32)31-24(29-25)19-7-5-4-6-18(19)23(30-31)15-8-11-17(28)12-9-15/h4-9,11-12,16H,10,13-14H2,1-3H3/t16-/m0/s1. The molecule has 0 radical (unpaired) electrons. The van der Waals surface area contributed by atoms with Crippen molar-refractivity contribution in [1.82, 2.24) is 14.6 Å². The maximum atomic E-state index is 13.8. The van der Waals surface area contributed by atoms with Crippen molar-refractivity contribution >= 4 is 38.0 Å². The molecule has 3 heterocycles. The molecule has 0 saturated heterocycles. The van der Waals surface area contributed by atoms with Gasteiger partial charge >= 0.3 is 0 Å². The van der Waals surface area contributed by atoms with Crippen molar-refractivity contribution in [3.05, 3.63) is 75.1 Å². The average Bonchev–Trinajstić information content (AvgIpc) is 3.17. The molecule has 1 aliphatic rings.